The van der Waals surface area contributed by atoms with Crippen molar-refractivity contribution in [1.29, 1.82) is 0 Å². The highest BCUT2D eigenvalue weighted by molar-refractivity contribution is 6.32. The Bertz CT molecular complexity index is 1190. The number of hydrogen-bond acceptors (Lipinski definition) is 5. The van der Waals surface area contributed by atoms with E-state index in [1.807, 2.05) is 4.90 Å². The van der Waals surface area contributed by atoms with Crippen LogP contribution in [0.5, 0.6) is 5.75 Å². The van der Waals surface area contributed by atoms with Crippen molar-refractivity contribution < 1.29 is 13.9 Å². The number of piperidine rings is 1. The molecule has 9 heteroatoms. The van der Waals surface area contributed by atoms with Crippen molar-refractivity contribution in [1.82, 2.24) is 9.78 Å². The summed E-state index contributed by atoms with van der Waals surface area (Å²) in [4.78, 5) is 26.9. The summed E-state index contributed by atoms with van der Waals surface area (Å²) in [5, 5.41) is 7.75. The SMILES string of the molecule is COc1ccc(NC(=O)C2CCN(c3ccc(=O)n(-c4cccc(F)c4)n3)CC2)cc1Cl. The predicted molar refractivity (Wildman–Crippen MR) is 121 cm³/mol. The third-order valence-corrected chi connectivity index (χ3v) is 5.74. The molecule has 166 valence electrons. The minimum absolute atomic E-state index is 0.0661. The molecule has 0 radical (unpaired) electrons. The van der Waals surface area contributed by atoms with Crippen LogP contribution < -0.4 is 20.5 Å². The first kappa shape index (κ1) is 21.8. The van der Waals surface area contributed by atoms with Crippen LogP contribution in [0.1, 0.15) is 12.8 Å². The number of methoxy groups -OCH3 is 1. The Morgan fingerprint density at radius 2 is 1.94 bits per heavy atom. The molecule has 1 aromatic heterocycles. The number of nitrogens with one attached hydrogen (secondary N) is 1. The number of ether oxygens (including phenoxy) is 1. The van der Waals surface area contributed by atoms with Crippen LogP contribution in [-0.4, -0.2) is 35.9 Å². The summed E-state index contributed by atoms with van der Waals surface area (Å²) in [5.74, 6) is 0.496. The van der Waals surface area contributed by atoms with Gasteiger partial charge in [0.2, 0.25) is 5.91 Å². The fourth-order valence-electron chi connectivity index (χ4n) is 3.72. The molecule has 0 bridgehead atoms. The molecule has 1 aliphatic rings. The van der Waals surface area contributed by atoms with Gasteiger partial charge in [0.05, 0.1) is 17.8 Å². The minimum atomic E-state index is -0.438. The van der Waals surface area contributed by atoms with Crippen LogP contribution in [0.2, 0.25) is 5.02 Å². The van der Waals surface area contributed by atoms with Crippen molar-refractivity contribution in [2.75, 3.05) is 30.4 Å². The number of halogens is 2. The summed E-state index contributed by atoms with van der Waals surface area (Å²) >= 11 is 6.13. The van der Waals surface area contributed by atoms with Gasteiger partial charge in [-0.05, 0) is 55.3 Å². The predicted octanol–water partition coefficient (Wildman–Crippen LogP) is 3.89. The lowest BCUT2D eigenvalue weighted by atomic mass is 9.96. The molecule has 1 saturated heterocycles. The number of aromatic nitrogens is 2. The zero-order valence-corrected chi connectivity index (χ0v) is 18.2. The lowest BCUT2D eigenvalue weighted by Crippen LogP contribution is -2.39. The van der Waals surface area contributed by atoms with Crippen LogP contribution in [0.4, 0.5) is 15.9 Å². The summed E-state index contributed by atoms with van der Waals surface area (Å²) in [7, 11) is 1.53. The molecule has 0 saturated carbocycles. The van der Waals surface area contributed by atoms with Crippen molar-refractivity contribution >= 4 is 29.0 Å². The van der Waals surface area contributed by atoms with E-state index < -0.39 is 5.82 Å². The topological polar surface area (TPSA) is 76.5 Å². The number of amides is 1. The van der Waals surface area contributed by atoms with Crippen molar-refractivity contribution in [3.8, 4) is 11.4 Å². The molecule has 1 N–H and O–H groups in total. The molecular formula is C23H22ClFN4O3. The molecule has 4 rings (SSSR count). The maximum absolute atomic E-state index is 13.6. The number of benzene rings is 2. The third kappa shape index (κ3) is 4.75. The van der Waals surface area contributed by atoms with E-state index in [0.717, 1.165) is 0 Å². The van der Waals surface area contributed by atoms with Crippen LogP contribution in [-0.2, 0) is 4.79 Å². The summed E-state index contributed by atoms with van der Waals surface area (Å²) in [6, 6.07) is 13.9. The van der Waals surface area contributed by atoms with Gasteiger partial charge >= 0.3 is 0 Å². The molecule has 0 aliphatic carbocycles. The van der Waals surface area contributed by atoms with Gasteiger partial charge in [-0.25, -0.2) is 4.39 Å². The van der Waals surface area contributed by atoms with Crippen molar-refractivity contribution in [3.05, 3.63) is 75.8 Å². The fraction of sp³-hybridized carbons (Fsp3) is 0.261. The van der Waals surface area contributed by atoms with Crippen LogP contribution in [0.3, 0.4) is 0 Å². The maximum Gasteiger partial charge on any atom is 0.271 e. The summed E-state index contributed by atoms with van der Waals surface area (Å²) in [6.45, 7) is 1.21. The van der Waals surface area contributed by atoms with Crippen molar-refractivity contribution in [2.45, 2.75) is 12.8 Å². The lowest BCUT2D eigenvalue weighted by Gasteiger charge is -2.32. The normalized spacial score (nSPS) is 14.3. The first-order valence-corrected chi connectivity index (χ1v) is 10.6. The van der Waals surface area contributed by atoms with E-state index in [2.05, 4.69) is 10.4 Å². The molecular weight excluding hydrogens is 435 g/mol. The van der Waals surface area contributed by atoms with E-state index in [9.17, 15) is 14.0 Å². The molecule has 1 aliphatic heterocycles. The molecule has 1 amide bonds. The average Bonchev–Trinajstić information content (AvgIpc) is 2.79. The average molecular weight is 457 g/mol. The summed E-state index contributed by atoms with van der Waals surface area (Å²) < 4.78 is 19.9. The molecule has 0 unspecified atom stereocenters. The highest BCUT2D eigenvalue weighted by atomic mass is 35.5. The van der Waals surface area contributed by atoms with E-state index in [0.29, 0.717) is 53.9 Å². The van der Waals surface area contributed by atoms with Gasteiger partial charge in [-0.1, -0.05) is 17.7 Å². The second kappa shape index (κ2) is 9.40. The molecule has 2 aromatic carbocycles. The van der Waals surface area contributed by atoms with E-state index in [1.54, 1.807) is 30.3 Å². The van der Waals surface area contributed by atoms with E-state index >= 15 is 0 Å². The first-order chi connectivity index (χ1) is 15.4. The Balaban J connectivity index is 1.41. The largest absolute Gasteiger partial charge is 0.495 e. The zero-order chi connectivity index (χ0) is 22.7. The Kier molecular flexibility index (Phi) is 6.41. The van der Waals surface area contributed by atoms with Gasteiger partial charge in [0.15, 0.2) is 0 Å². The smallest absolute Gasteiger partial charge is 0.271 e. The maximum atomic E-state index is 13.6. The van der Waals surface area contributed by atoms with Crippen LogP contribution in [0.25, 0.3) is 5.69 Å². The number of rotatable bonds is 5. The number of carbonyl (C=O) groups is 1. The van der Waals surface area contributed by atoms with Gasteiger partial charge in [0.1, 0.15) is 17.4 Å². The Morgan fingerprint density at radius 1 is 1.16 bits per heavy atom. The van der Waals surface area contributed by atoms with Crippen molar-refractivity contribution in [2.24, 2.45) is 5.92 Å². The molecule has 0 spiro atoms. The van der Waals surface area contributed by atoms with E-state index in [4.69, 9.17) is 16.3 Å². The number of hydrogen-bond donors (Lipinski definition) is 1. The quantitative estimate of drug-likeness (QED) is 0.630. The van der Waals surface area contributed by atoms with Crippen LogP contribution in [0.15, 0.2) is 59.4 Å². The van der Waals surface area contributed by atoms with Gasteiger partial charge in [-0.3, -0.25) is 9.59 Å². The second-order valence-corrected chi connectivity index (χ2v) is 7.93. The number of anilines is 2. The molecule has 1 fully saturated rings. The molecule has 32 heavy (non-hydrogen) atoms. The molecule has 3 aromatic rings. The monoisotopic (exact) mass is 456 g/mol. The molecule has 2 heterocycles. The lowest BCUT2D eigenvalue weighted by molar-refractivity contribution is -0.120. The summed E-state index contributed by atoms with van der Waals surface area (Å²) in [6.07, 6.45) is 1.27. The van der Waals surface area contributed by atoms with Crippen LogP contribution >= 0.6 is 11.6 Å². The summed E-state index contributed by atoms with van der Waals surface area (Å²) in [5.41, 5.74) is 0.642. The van der Waals surface area contributed by atoms with Gasteiger partial charge in [-0.15, -0.1) is 5.10 Å². The molecule has 0 atom stereocenters. The zero-order valence-electron chi connectivity index (χ0n) is 17.4. The van der Waals surface area contributed by atoms with E-state index in [-0.39, 0.29) is 17.4 Å². The Hall–Kier alpha value is -3.39. The van der Waals surface area contributed by atoms with E-state index in [1.165, 1.54) is 36.1 Å². The fourth-order valence-corrected chi connectivity index (χ4v) is 3.98. The van der Waals surface area contributed by atoms with Gasteiger partial charge < -0.3 is 15.0 Å². The van der Waals surface area contributed by atoms with Gasteiger partial charge in [0.25, 0.3) is 5.56 Å². The third-order valence-electron chi connectivity index (χ3n) is 5.45. The van der Waals surface area contributed by atoms with Gasteiger partial charge in [-0.2, -0.15) is 4.68 Å². The standard InChI is InChI=1S/C23H22ClFN4O3/c1-32-20-6-5-17(14-19(20)24)26-23(31)15-9-11-28(12-10-15)21-7-8-22(30)29(27-21)18-4-2-3-16(25)13-18/h2-8,13-15H,9-12H2,1H3,(H,26,31). The Morgan fingerprint density at radius 3 is 2.62 bits per heavy atom. The number of nitrogens with zero attached hydrogens (tertiary/aromatic N) is 3. The molecule has 7 nitrogen and oxygen atoms in total. The number of carbonyl (C=O) groups excluding carboxylic acids is 1. The first-order valence-electron chi connectivity index (χ1n) is 10.2. The Labute approximate surface area is 189 Å². The van der Waals surface area contributed by atoms with Crippen LogP contribution in [0, 0.1) is 11.7 Å². The van der Waals surface area contributed by atoms with Crippen molar-refractivity contribution in [3.63, 3.8) is 0 Å². The highest BCUT2D eigenvalue weighted by Gasteiger charge is 2.26. The second-order valence-electron chi connectivity index (χ2n) is 7.52. The highest BCUT2D eigenvalue weighted by Crippen LogP contribution is 2.28. The minimum Gasteiger partial charge on any atom is -0.495 e. The van der Waals surface area contributed by atoms with Gasteiger partial charge in [0, 0.05) is 30.8 Å².